The number of ether oxygens (including phenoxy) is 2. The summed E-state index contributed by atoms with van der Waals surface area (Å²) < 4.78 is 11.3. The molecule has 0 aliphatic carbocycles. The molecule has 1 fully saturated rings. The molecule has 2 aromatic rings. The summed E-state index contributed by atoms with van der Waals surface area (Å²) in [5, 5.41) is 11.9. The maximum atomic E-state index is 12.8. The number of hydrogen-bond acceptors (Lipinski definition) is 4. The largest absolute Gasteiger partial charge is 0.481 e. The molecule has 1 unspecified atom stereocenters. The highest BCUT2D eigenvalue weighted by atomic mass is 16.5. The molecule has 1 aliphatic rings. The Balaban J connectivity index is 1.61. The Morgan fingerprint density at radius 2 is 1.83 bits per heavy atom. The van der Waals surface area contributed by atoms with E-state index in [0.717, 1.165) is 24.0 Å². The molecule has 3 rings (SSSR count). The lowest BCUT2D eigenvalue weighted by Gasteiger charge is -2.23. The summed E-state index contributed by atoms with van der Waals surface area (Å²) >= 11 is 0. The zero-order valence-electron chi connectivity index (χ0n) is 16.6. The summed E-state index contributed by atoms with van der Waals surface area (Å²) in [6, 6.07) is 14.7. The number of benzene rings is 2. The lowest BCUT2D eigenvalue weighted by molar-refractivity contribution is -0.141. The molecule has 1 saturated heterocycles. The first-order chi connectivity index (χ1) is 14.0. The van der Waals surface area contributed by atoms with Crippen molar-refractivity contribution in [3.63, 3.8) is 0 Å². The fourth-order valence-corrected chi connectivity index (χ4v) is 3.28. The highest BCUT2D eigenvalue weighted by Gasteiger charge is 2.17. The molecule has 0 spiro atoms. The Labute approximate surface area is 170 Å². The van der Waals surface area contributed by atoms with E-state index in [4.69, 9.17) is 14.6 Å². The van der Waals surface area contributed by atoms with Gasteiger partial charge in [-0.2, -0.15) is 0 Å². The number of amides is 1. The molecule has 29 heavy (non-hydrogen) atoms. The van der Waals surface area contributed by atoms with Crippen LogP contribution >= 0.6 is 0 Å². The van der Waals surface area contributed by atoms with Gasteiger partial charge in [-0.3, -0.25) is 9.59 Å². The van der Waals surface area contributed by atoms with Crippen LogP contribution in [0.1, 0.15) is 41.3 Å². The highest BCUT2D eigenvalue weighted by Crippen LogP contribution is 2.18. The minimum absolute atomic E-state index is 0.167. The number of hydrogen-bond donors (Lipinski definition) is 2. The van der Waals surface area contributed by atoms with Gasteiger partial charge in [0.2, 0.25) is 0 Å². The molecule has 0 radical (unpaired) electrons. The lowest BCUT2D eigenvalue weighted by Crippen LogP contribution is -2.24. The lowest BCUT2D eigenvalue weighted by atomic mass is 10.0. The van der Waals surface area contributed by atoms with Crippen molar-refractivity contribution in [2.45, 2.75) is 38.9 Å². The van der Waals surface area contributed by atoms with E-state index < -0.39 is 11.9 Å². The van der Waals surface area contributed by atoms with Crippen molar-refractivity contribution in [3.8, 4) is 0 Å². The SMILES string of the molecule is CC(Cc1ccc(NC(=O)c2ccccc2COC2CCOCC2)cc1)C(=O)O. The van der Waals surface area contributed by atoms with Crippen LogP contribution in [0.15, 0.2) is 48.5 Å². The van der Waals surface area contributed by atoms with Crippen LogP contribution in [0.5, 0.6) is 0 Å². The van der Waals surface area contributed by atoms with E-state index in [-0.39, 0.29) is 12.0 Å². The zero-order chi connectivity index (χ0) is 20.6. The van der Waals surface area contributed by atoms with Crippen molar-refractivity contribution in [2.75, 3.05) is 18.5 Å². The van der Waals surface area contributed by atoms with E-state index in [0.29, 0.717) is 37.5 Å². The van der Waals surface area contributed by atoms with Gasteiger partial charge in [-0.1, -0.05) is 37.3 Å². The molecule has 154 valence electrons. The van der Waals surface area contributed by atoms with Crippen molar-refractivity contribution in [3.05, 3.63) is 65.2 Å². The van der Waals surface area contributed by atoms with Crippen LogP contribution in [-0.2, 0) is 27.3 Å². The van der Waals surface area contributed by atoms with E-state index >= 15 is 0 Å². The molecule has 2 aromatic carbocycles. The van der Waals surface area contributed by atoms with Gasteiger partial charge >= 0.3 is 5.97 Å². The molecule has 6 heteroatoms. The summed E-state index contributed by atoms with van der Waals surface area (Å²) in [6.45, 7) is 3.50. The monoisotopic (exact) mass is 397 g/mol. The Kier molecular flexibility index (Phi) is 7.38. The van der Waals surface area contributed by atoms with Gasteiger partial charge in [0.1, 0.15) is 0 Å². The maximum Gasteiger partial charge on any atom is 0.306 e. The quantitative estimate of drug-likeness (QED) is 0.706. The Morgan fingerprint density at radius 3 is 2.52 bits per heavy atom. The second kappa shape index (κ2) is 10.2. The number of anilines is 1. The number of carboxylic acids is 1. The second-order valence-corrected chi connectivity index (χ2v) is 7.37. The van der Waals surface area contributed by atoms with E-state index in [1.807, 2.05) is 30.3 Å². The molecule has 0 saturated carbocycles. The van der Waals surface area contributed by atoms with E-state index in [2.05, 4.69) is 5.32 Å². The van der Waals surface area contributed by atoms with Crippen molar-refractivity contribution in [2.24, 2.45) is 5.92 Å². The third kappa shape index (κ3) is 6.14. The standard InChI is InChI=1S/C23H27NO5/c1-16(23(26)27)14-17-6-8-19(9-7-17)24-22(25)21-5-3-2-4-18(21)15-29-20-10-12-28-13-11-20/h2-9,16,20H,10-15H2,1H3,(H,24,25)(H,26,27). The average molecular weight is 397 g/mol. The Bertz CT molecular complexity index is 827. The van der Waals surface area contributed by atoms with Gasteiger partial charge < -0.3 is 19.9 Å². The zero-order valence-corrected chi connectivity index (χ0v) is 16.6. The first-order valence-electron chi connectivity index (χ1n) is 9.93. The normalized spacial score (nSPS) is 15.6. The molecule has 0 aromatic heterocycles. The summed E-state index contributed by atoms with van der Waals surface area (Å²) in [6.07, 6.45) is 2.37. The van der Waals surface area contributed by atoms with Gasteiger partial charge in [0, 0.05) is 24.5 Å². The van der Waals surface area contributed by atoms with Crippen molar-refractivity contribution in [1.82, 2.24) is 0 Å². The molecule has 2 N–H and O–H groups in total. The van der Waals surface area contributed by atoms with Crippen LogP contribution in [0.2, 0.25) is 0 Å². The predicted octanol–water partition coefficient (Wildman–Crippen LogP) is 3.90. The van der Waals surface area contributed by atoms with Crippen LogP contribution in [0, 0.1) is 5.92 Å². The van der Waals surface area contributed by atoms with Gasteiger partial charge in [0.15, 0.2) is 0 Å². The van der Waals surface area contributed by atoms with Gasteiger partial charge in [0.05, 0.1) is 18.6 Å². The fourth-order valence-electron chi connectivity index (χ4n) is 3.28. The number of aliphatic carboxylic acids is 1. The van der Waals surface area contributed by atoms with E-state index in [9.17, 15) is 9.59 Å². The first kappa shape index (κ1) is 21.0. The van der Waals surface area contributed by atoms with Crippen LogP contribution in [0.25, 0.3) is 0 Å². The first-order valence-corrected chi connectivity index (χ1v) is 9.93. The van der Waals surface area contributed by atoms with Gasteiger partial charge in [-0.15, -0.1) is 0 Å². The third-order valence-corrected chi connectivity index (χ3v) is 5.08. The molecule has 6 nitrogen and oxygen atoms in total. The summed E-state index contributed by atoms with van der Waals surface area (Å²) in [5.74, 6) is -1.46. The smallest absolute Gasteiger partial charge is 0.306 e. The number of rotatable bonds is 8. The van der Waals surface area contributed by atoms with Crippen LogP contribution in [0.3, 0.4) is 0 Å². The summed E-state index contributed by atoms with van der Waals surface area (Å²) in [4.78, 5) is 23.8. The molecule has 1 aliphatic heterocycles. The van der Waals surface area contributed by atoms with Crippen molar-refractivity contribution in [1.29, 1.82) is 0 Å². The molecular weight excluding hydrogens is 370 g/mol. The Hall–Kier alpha value is -2.70. The highest BCUT2D eigenvalue weighted by molar-refractivity contribution is 6.05. The second-order valence-electron chi connectivity index (χ2n) is 7.37. The number of carbonyl (C=O) groups excluding carboxylic acids is 1. The fraction of sp³-hybridized carbons (Fsp3) is 0.391. The van der Waals surface area contributed by atoms with Gasteiger partial charge in [-0.25, -0.2) is 0 Å². The Morgan fingerprint density at radius 1 is 1.14 bits per heavy atom. The van der Waals surface area contributed by atoms with Gasteiger partial charge in [-0.05, 0) is 48.6 Å². The third-order valence-electron chi connectivity index (χ3n) is 5.08. The average Bonchev–Trinajstić information content (AvgIpc) is 2.74. The maximum absolute atomic E-state index is 12.8. The number of nitrogens with one attached hydrogen (secondary N) is 1. The number of carboxylic acid groups (broad SMARTS) is 1. The molecule has 0 bridgehead atoms. The minimum atomic E-state index is -0.818. The number of carbonyl (C=O) groups is 2. The minimum Gasteiger partial charge on any atom is -0.481 e. The molecule has 1 heterocycles. The van der Waals surface area contributed by atoms with Crippen LogP contribution in [-0.4, -0.2) is 36.3 Å². The summed E-state index contributed by atoms with van der Waals surface area (Å²) in [5.41, 5.74) is 3.02. The van der Waals surface area contributed by atoms with Crippen molar-refractivity contribution < 1.29 is 24.2 Å². The summed E-state index contributed by atoms with van der Waals surface area (Å²) in [7, 11) is 0. The van der Waals surface area contributed by atoms with Crippen molar-refractivity contribution >= 4 is 17.6 Å². The molecular formula is C23H27NO5. The van der Waals surface area contributed by atoms with Gasteiger partial charge in [0.25, 0.3) is 5.91 Å². The molecule has 1 amide bonds. The van der Waals surface area contributed by atoms with Crippen LogP contribution < -0.4 is 5.32 Å². The topological polar surface area (TPSA) is 84.9 Å². The predicted molar refractivity (Wildman–Crippen MR) is 110 cm³/mol. The molecule has 1 atom stereocenters. The van der Waals surface area contributed by atoms with E-state index in [1.165, 1.54) is 0 Å². The van der Waals surface area contributed by atoms with Crippen LogP contribution in [0.4, 0.5) is 5.69 Å². The van der Waals surface area contributed by atoms with E-state index in [1.54, 1.807) is 25.1 Å².